The summed E-state index contributed by atoms with van der Waals surface area (Å²) in [5, 5.41) is 15.2. The van der Waals surface area contributed by atoms with Gasteiger partial charge in [-0.05, 0) is 27.2 Å². The van der Waals surface area contributed by atoms with Gasteiger partial charge in [0.15, 0.2) is 5.78 Å². The first-order valence-corrected chi connectivity index (χ1v) is 6.82. The highest BCUT2D eigenvalue weighted by Gasteiger charge is 2.24. The van der Waals surface area contributed by atoms with Gasteiger partial charge in [-0.2, -0.15) is 5.10 Å². The molecule has 0 saturated heterocycles. The van der Waals surface area contributed by atoms with Crippen LogP contribution in [-0.2, 0) is 16.6 Å². The highest BCUT2D eigenvalue weighted by atomic mass is 16.6. The molecule has 8 nitrogen and oxygen atoms in total. The van der Waals surface area contributed by atoms with Crippen molar-refractivity contribution in [3.63, 3.8) is 0 Å². The highest BCUT2D eigenvalue weighted by molar-refractivity contribution is 5.96. The molecule has 1 aromatic heterocycles. The summed E-state index contributed by atoms with van der Waals surface area (Å²) in [6.45, 7) is 5.02. The van der Waals surface area contributed by atoms with Gasteiger partial charge in [-0.25, -0.2) is 9.59 Å². The number of nitrogens with zero attached hydrogens (tertiary/aromatic N) is 2. The van der Waals surface area contributed by atoms with Crippen molar-refractivity contribution in [2.75, 3.05) is 0 Å². The van der Waals surface area contributed by atoms with Gasteiger partial charge in [0.1, 0.15) is 11.6 Å². The van der Waals surface area contributed by atoms with Crippen LogP contribution in [0.2, 0.25) is 0 Å². The number of rotatable bonds is 6. The van der Waals surface area contributed by atoms with Gasteiger partial charge >= 0.3 is 12.1 Å². The number of amides is 1. The lowest BCUT2D eigenvalue weighted by molar-refractivity contribution is -0.139. The number of carbonyl (C=O) groups excluding carboxylic acids is 2. The first-order chi connectivity index (χ1) is 10.1. The second kappa shape index (κ2) is 7.06. The summed E-state index contributed by atoms with van der Waals surface area (Å²) in [6.07, 6.45) is 2.10. The highest BCUT2D eigenvalue weighted by Crippen LogP contribution is 2.09. The number of carbonyl (C=O) groups is 3. The van der Waals surface area contributed by atoms with Gasteiger partial charge in [0.2, 0.25) is 0 Å². The third kappa shape index (κ3) is 5.94. The maximum absolute atomic E-state index is 11.9. The Morgan fingerprint density at radius 1 is 1.41 bits per heavy atom. The summed E-state index contributed by atoms with van der Waals surface area (Å²) in [6, 6.07) is -1.18. The van der Waals surface area contributed by atoms with Crippen LogP contribution in [0.1, 0.15) is 44.0 Å². The number of ether oxygens (including phenoxy) is 1. The number of carboxylic acid groups (broad SMARTS) is 1. The van der Waals surface area contributed by atoms with Crippen LogP contribution >= 0.6 is 0 Å². The Morgan fingerprint density at radius 3 is 2.50 bits per heavy atom. The zero-order valence-corrected chi connectivity index (χ0v) is 13.1. The molecule has 8 heteroatoms. The van der Waals surface area contributed by atoms with E-state index in [0.29, 0.717) is 5.56 Å². The Bertz CT molecular complexity index is 559. The molecule has 0 aliphatic rings. The van der Waals surface area contributed by atoms with Crippen molar-refractivity contribution in [2.45, 2.75) is 45.3 Å². The average Bonchev–Trinajstić information content (AvgIpc) is 2.78. The van der Waals surface area contributed by atoms with Crippen LogP contribution < -0.4 is 5.32 Å². The number of hydrogen-bond acceptors (Lipinski definition) is 5. The summed E-state index contributed by atoms with van der Waals surface area (Å²) >= 11 is 0. The second-order valence-corrected chi connectivity index (χ2v) is 5.90. The Kier molecular flexibility index (Phi) is 5.67. The SMILES string of the molecule is Cn1cc(C(=O)CC[C@@H](NC(=O)OC(C)(C)C)C(=O)O)cn1. The standard InChI is InChI=1S/C14H21N3O5/c1-14(2,3)22-13(21)16-10(12(19)20)5-6-11(18)9-7-15-17(4)8-9/h7-8,10H,5-6H2,1-4H3,(H,16,21)(H,19,20)/t10-/m1/s1. The maximum atomic E-state index is 11.9. The fourth-order valence-electron chi connectivity index (χ4n) is 1.69. The van der Waals surface area contributed by atoms with Gasteiger partial charge < -0.3 is 15.2 Å². The number of nitrogens with one attached hydrogen (secondary N) is 1. The molecule has 0 aliphatic carbocycles. The molecule has 1 atom stereocenters. The van der Waals surface area contributed by atoms with Crippen LogP contribution in [0, 0.1) is 0 Å². The summed E-state index contributed by atoms with van der Waals surface area (Å²) < 4.78 is 6.49. The molecule has 0 unspecified atom stereocenters. The third-order valence-electron chi connectivity index (χ3n) is 2.68. The van der Waals surface area contributed by atoms with Crippen molar-refractivity contribution in [3.05, 3.63) is 18.0 Å². The van der Waals surface area contributed by atoms with E-state index in [4.69, 9.17) is 9.84 Å². The molecule has 22 heavy (non-hydrogen) atoms. The predicted octanol–water partition coefficient (Wildman–Crippen LogP) is 1.36. The maximum Gasteiger partial charge on any atom is 0.408 e. The van der Waals surface area contributed by atoms with Gasteiger partial charge in [0.25, 0.3) is 0 Å². The minimum absolute atomic E-state index is 0.0154. The number of Topliss-reactive ketones (excluding diaryl/α,β-unsaturated/α-hetero) is 1. The molecule has 0 radical (unpaired) electrons. The molecule has 0 fully saturated rings. The molecule has 0 aromatic carbocycles. The van der Waals surface area contributed by atoms with Gasteiger partial charge in [-0.1, -0.05) is 0 Å². The quantitative estimate of drug-likeness (QED) is 0.767. The van der Waals surface area contributed by atoms with Crippen molar-refractivity contribution in [1.82, 2.24) is 15.1 Å². The smallest absolute Gasteiger partial charge is 0.408 e. The van der Waals surface area contributed by atoms with Gasteiger partial charge in [-0.3, -0.25) is 9.48 Å². The summed E-state index contributed by atoms with van der Waals surface area (Å²) in [5.74, 6) is -1.45. The molecule has 1 rings (SSSR count). The topological polar surface area (TPSA) is 111 Å². The summed E-state index contributed by atoms with van der Waals surface area (Å²) in [4.78, 5) is 34.7. The van der Waals surface area contributed by atoms with Crippen molar-refractivity contribution < 1.29 is 24.2 Å². The van der Waals surface area contributed by atoms with E-state index in [1.807, 2.05) is 0 Å². The second-order valence-electron chi connectivity index (χ2n) is 5.90. The fraction of sp³-hybridized carbons (Fsp3) is 0.571. The van der Waals surface area contributed by atoms with Crippen LogP contribution in [0.15, 0.2) is 12.4 Å². The number of aliphatic carboxylic acids is 1. The molecular formula is C14H21N3O5. The van der Waals surface area contributed by atoms with Crippen LogP contribution in [0.5, 0.6) is 0 Å². The van der Waals surface area contributed by atoms with E-state index in [-0.39, 0.29) is 18.6 Å². The van der Waals surface area contributed by atoms with E-state index in [1.165, 1.54) is 10.9 Å². The average molecular weight is 311 g/mol. The van der Waals surface area contributed by atoms with Gasteiger partial charge in [-0.15, -0.1) is 0 Å². The molecular weight excluding hydrogens is 290 g/mol. The number of alkyl carbamates (subject to hydrolysis) is 1. The molecule has 0 saturated carbocycles. The van der Waals surface area contributed by atoms with Crippen LogP contribution in [0.25, 0.3) is 0 Å². The van der Waals surface area contributed by atoms with E-state index in [9.17, 15) is 14.4 Å². The molecule has 0 bridgehead atoms. The number of carboxylic acids is 1. The lowest BCUT2D eigenvalue weighted by Crippen LogP contribution is -2.43. The minimum Gasteiger partial charge on any atom is -0.480 e. The fourth-order valence-corrected chi connectivity index (χ4v) is 1.69. The zero-order valence-electron chi connectivity index (χ0n) is 13.1. The molecule has 1 heterocycles. The Balaban J connectivity index is 2.56. The van der Waals surface area contributed by atoms with Crippen molar-refractivity contribution >= 4 is 17.8 Å². The normalized spacial score (nSPS) is 12.5. The molecule has 1 aromatic rings. The zero-order chi connectivity index (χ0) is 16.9. The first kappa shape index (κ1) is 17.7. The number of aryl methyl sites for hydroxylation is 1. The van der Waals surface area contributed by atoms with Crippen LogP contribution in [-0.4, -0.2) is 44.4 Å². The Morgan fingerprint density at radius 2 is 2.05 bits per heavy atom. The lowest BCUT2D eigenvalue weighted by Gasteiger charge is -2.21. The Labute approximate surface area is 128 Å². The van der Waals surface area contributed by atoms with Gasteiger partial charge in [0.05, 0.1) is 11.8 Å². The van der Waals surface area contributed by atoms with Crippen molar-refractivity contribution in [3.8, 4) is 0 Å². The number of hydrogen-bond donors (Lipinski definition) is 2. The molecule has 0 spiro atoms. The molecule has 2 N–H and O–H groups in total. The van der Waals surface area contributed by atoms with E-state index >= 15 is 0 Å². The molecule has 0 aliphatic heterocycles. The monoisotopic (exact) mass is 311 g/mol. The number of ketones is 1. The number of aromatic nitrogens is 2. The van der Waals surface area contributed by atoms with E-state index < -0.39 is 23.7 Å². The first-order valence-electron chi connectivity index (χ1n) is 6.82. The minimum atomic E-state index is -1.22. The van der Waals surface area contributed by atoms with Crippen molar-refractivity contribution in [2.24, 2.45) is 7.05 Å². The van der Waals surface area contributed by atoms with Crippen molar-refractivity contribution in [1.29, 1.82) is 0 Å². The Hall–Kier alpha value is -2.38. The third-order valence-corrected chi connectivity index (χ3v) is 2.68. The van der Waals surface area contributed by atoms with E-state index in [0.717, 1.165) is 0 Å². The predicted molar refractivity (Wildman–Crippen MR) is 77.6 cm³/mol. The molecule has 122 valence electrons. The van der Waals surface area contributed by atoms with E-state index in [2.05, 4.69) is 10.4 Å². The van der Waals surface area contributed by atoms with Crippen LogP contribution in [0.4, 0.5) is 4.79 Å². The molecule has 1 amide bonds. The van der Waals surface area contributed by atoms with E-state index in [1.54, 1.807) is 34.0 Å². The summed E-state index contributed by atoms with van der Waals surface area (Å²) in [7, 11) is 1.68. The largest absolute Gasteiger partial charge is 0.480 e. The lowest BCUT2D eigenvalue weighted by atomic mass is 10.1. The van der Waals surface area contributed by atoms with Gasteiger partial charge in [0, 0.05) is 19.7 Å². The summed E-state index contributed by atoms with van der Waals surface area (Å²) in [5.41, 5.74) is -0.317. The van der Waals surface area contributed by atoms with Crippen LogP contribution in [0.3, 0.4) is 0 Å².